The van der Waals surface area contributed by atoms with Gasteiger partial charge in [0.2, 0.25) is 0 Å². The predicted molar refractivity (Wildman–Crippen MR) is 443 cm³/mol. The molecular weight excluding hydrogens is 1320 g/mol. The van der Waals surface area contributed by atoms with Gasteiger partial charge >= 0.3 is 0 Å². The topological polar surface area (TPSA) is 102 Å². The molecule has 12 heteroatoms. The van der Waals surface area contributed by atoms with Crippen molar-refractivity contribution in [2.24, 2.45) is 0 Å². The molecule has 12 nitrogen and oxygen atoms in total. The maximum absolute atomic E-state index is 4.85. The van der Waals surface area contributed by atoms with Crippen LogP contribution in [-0.2, 0) is 0 Å². The van der Waals surface area contributed by atoms with Gasteiger partial charge in [-0.05, 0) is 149 Å². The van der Waals surface area contributed by atoms with Crippen LogP contribution in [0.1, 0.15) is 0 Å². The van der Waals surface area contributed by atoms with Gasteiger partial charge in [-0.15, -0.1) is 0 Å². The van der Waals surface area contributed by atoms with E-state index >= 15 is 0 Å². The molecule has 0 radical (unpaired) electrons. The highest BCUT2D eigenvalue weighted by molar-refractivity contribution is 6.19. The Bertz CT molecular complexity index is 6380. The van der Waals surface area contributed by atoms with Gasteiger partial charge in [-0.3, -0.25) is 19.7 Å². The van der Waals surface area contributed by atoms with Gasteiger partial charge in [-0.1, -0.05) is 206 Å². The minimum atomic E-state index is 0.850. The van der Waals surface area contributed by atoms with E-state index in [1.807, 2.05) is 24.4 Å². The molecule has 0 fully saturated rings. The molecule has 0 spiro atoms. The summed E-state index contributed by atoms with van der Waals surface area (Å²) in [6, 6.07) is 118. The molecule has 21 aromatic rings. The highest BCUT2D eigenvalue weighted by Crippen LogP contribution is 2.54. The minimum Gasteiger partial charge on any atom is -0.309 e. The highest BCUT2D eigenvalue weighted by Gasteiger charge is 2.33. The molecule has 3 aliphatic heterocycles. The highest BCUT2D eigenvalue weighted by atomic mass is 15.2. The van der Waals surface area contributed by atoms with Gasteiger partial charge in [0.1, 0.15) is 30.0 Å². The minimum absolute atomic E-state index is 0.850. The molecule has 0 N–H and O–H groups in total. The Morgan fingerprint density at radius 1 is 0.222 bits per heavy atom. The molecule has 0 aliphatic carbocycles. The number of benzene rings is 15. The van der Waals surface area contributed by atoms with Crippen molar-refractivity contribution in [1.29, 1.82) is 0 Å². The van der Waals surface area contributed by atoms with Crippen LogP contribution in [0, 0.1) is 0 Å². The Balaban J connectivity index is 0.000000100. The van der Waals surface area contributed by atoms with E-state index in [9.17, 15) is 0 Å². The molecule has 0 saturated heterocycles. The number of hydrogen-bond donors (Lipinski definition) is 0. The van der Waals surface area contributed by atoms with Crippen LogP contribution in [0.4, 0.5) is 51.6 Å². The van der Waals surface area contributed by atoms with Crippen molar-refractivity contribution in [2.45, 2.75) is 0 Å². The molecular formula is C96H60N12. The van der Waals surface area contributed by atoms with Gasteiger partial charge in [-0.25, -0.2) is 24.9 Å². The van der Waals surface area contributed by atoms with Gasteiger partial charge in [0.15, 0.2) is 5.82 Å². The van der Waals surface area contributed by atoms with Crippen LogP contribution in [-0.4, -0.2) is 43.6 Å². The number of aromatic nitrogens is 9. The van der Waals surface area contributed by atoms with Crippen LogP contribution < -0.4 is 14.7 Å². The van der Waals surface area contributed by atoms with Crippen LogP contribution in [0.15, 0.2) is 365 Å². The molecule has 15 aromatic carbocycles. The third-order valence-electron chi connectivity index (χ3n) is 21.6. The first-order chi connectivity index (χ1) is 53.6. The van der Waals surface area contributed by atoms with Crippen LogP contribution in [0.3, 0.4) is 0 Å². The first-order valence-electron chi connectivity index (χ1n) is 36.3. The number of fused-ring (bicyclic) bond motifs is 15. The summed E-state index contributed by atoms with van der Waals surface area (Å²) in [6.07, 6.45) is 8.82. The summed E-state index contributed by atoms with van der Waals surface area (Å²) >= 11 is 0. The van der Waals surface area contributed by atoms with Crippen molar-refractivity contribution in [3.05, 3.63) is 365 Å². The van der Waals surface area contributed by atoms with E-state index in [1.165, 1.54) is 92.5 Å². The maximum Gasteiger partial charge on any atom is 0.164 e. The second kappa shape index (κ2) is 24.4. The summed E-state index contributed by atoms with van der Waals surface area (Å²) in [4.78, 5) is 35.1. The van der Waals surface area contributed by atoms with Crippen molar-refractivity contribution >= 4 is 149 Å². The Labute approximate surface area is 619 Å². The average Bonchev–Trinajstić information content (AvgIpc) is 0.900. The molecule has 24 rings (SSSR count). The molecule has 0 unspecified atom stereocenters. The fraction of sp³-hybridized carbons (Fsp3) is 0. The third-order valence-corrected chi connectivity index (χ3v) is 21.6. The summed E-state index contributed by atoms with van der Waals surface area (Å²) in [5.41, 5.74) is 24.6. The van der Waals surface area contributed by atoms with E-state index in [4.69, 9.17) is 24.9 Å². The van der Waals surface area contributed by atoms with Gasteiger partial charge < -0.3 is 13.7 Å². The second-order valence-corrected chi connectivity index (χ2v) is 27.4. The zero-order chi connectivity index (χ0) is 70.9. The molecule has 0 atom stereocenters. The lowest BCUT2D eigenvalue weighted by molar-refractivity contribution is 1.11. The first kappa shape index (κ1) is 60.7. The third kappa shape index (κ3) is 9.30. The molecule has 504 valence electrons. The van der Waals surface area contributed by atoms with E-state index in [-0.39, 0.29) is 0 Å². The van der Waals surface area contributed by atoms with Crippen LogP contribution in [0.2, 0.25) is 0 Å². The van der Waals surface area contributed by atoms with Crippen molar-refractivity contribution in [3.63, 3.8) is 0 Å². The summed E-state index contributed by atoms with van der Waals surface area (Å²) in [5.74, 6) is 2.66. The van der Waals surface area contributed by atoms with E-state index in [0.29, 0.717) is 0 Å². The van der Waals surface area contributed by atoms with Gasteiger partial charge in [0, 0.05) is 112 Å². The smallest absolute Gasteiger partial charge is 0.164 e. The lowest BCUT2D eigenvalue weighted by Crippen LogP contribution is -2.17. The standard InChI is InChI=1S/3C32H20N4/c1-2-10-21(11-3-1)36-30-17-9-6-14-25(30)26-18-22(19-27-31(26)32(36)34-20-33-27)35-28-15-7-4-12-23(28)24-13-5-8-16-29(24)35;1-2-10-22(11-3-1)36-30-16-8-9-21-17-23(18-26(31(21)30)27-19-33-20-34-32(27)36)35-28-14-6-4-12-24(28)25-13-5-7-15-29(25)35;1-2-10-22(11-3-1)36-29-16-8-9-21-19-23(20-26(30(21)29)31-32(36)34-18-17-33-31)35-27-14-6-4-12-24(27)25-13-5-7-15-28(25)35/h3*1-20H. The van der Waals surface area contributed by atoms with Gasteiger partial charge in [-0.2, -0.15) is 0 Å². The summed E-state index contributed by atoms with van der Waals surface area (Å²) in [7, 11) is 0. The summed E-state index contributed by atoms with van der Waals surface area (Å²) in [5, 5.41) is 13.4. The first-order valence-corrected chi connectivity index (χ1v) is 36.3. The zero-order valence-electron chi connectivity index (χ0n) is 58.0. The van der Waals surface area contributed by atoms with Crippen molar-refractivity contribution < 1.29 is 0 Å². The van der Waals surface area contributed by atoms with E-state index in [1.54, 1.807) is 25.0 Å². The fourth-order valence-corrected chi connectivity index (χ4v) is 17.2. The summed E-state index contributed by atoms with van der Waals surface area (Å²) < 4.78 is 7.10. The lowest BCUT2D eigenvalue weighted by Gasteiger charge is -2.32. The lowest BCUT2D eigenvalue weighted by atomic mass is 9.92. The average molecular weight is 1380 g/mol. The normalized spacial score (nSPS) is 12.4. The molecule has 3 aliphatic rings. The molecule has 9 heterocycles. The predicted octanol–water partition coefficient (Wildman–Crippen LogP) is 24.5. The second-order valence-electron chi connectivity index (χ2n) is 27.4. The number of para-hydroxylation sites is 10. The fourth-order valence-electron chi connectivity index (χ4n) is 17.2. The SMILES string of the molecule is c1ccc(N2c3ccccc3-c3cc(-n4c5ccccc5c5ccccc54)cc4ncnc2c34)cc1.c1ccc(N2c3nccnc3-c3cc(-n4c5ccccc5c5ccccc54)cc4cccc2c34)cc1.c1ccc(N2c3ncncc3-c3cc(-n4c5ccccc5c5ccccc54)cc4cccc2c34)cc1. The van der Waals surface area contributed by atoms with Crippen molar-refractivity contribution in [3.8, 4) is 50.6 Å². The number of rotatable bonds is 6. The Morgan fingerprint density at radius 3 is 1.10 bits per heavy atom. The number of hydrogen-bond acceptors (Lipinski definition) is 9. The largest absolute Gasteiger partial charge is 0.309 e. The number of nitrogens with zero attached hydrogens (tertiary/aromatic N) is 12. The van der Waals surface area contributed by atoms with Crippen LogP contribution in [0.25, 0.3) is 148 Å². The zero-order valence-corrected chi connectivity index (χ0v) is 58.0. The van der Waals surface area contributed by atoms with Crippen LogP contribution in [0.5, 0.6) is 0 Å². The molecule has 0 saturated carbocycles. The quantitative estimate of drug-likeness (QED) is 0.161. The van der Waals surface area contributed by atoms with Crippen molar-refractivity contribution in [2.75, 3.05) is 14.7 Å². The molecule has 0 amide bonds. The number of anilines is 9. The van der Waals surface area contributed by atoms with E-state index < -0.39 is 0 Å². The molecule has 0 bridgehead atoms. The summed E-state index contributed by atoms with van der Waals surface area (Å²) in [6.45, 7) is 0. The van der Waals surface area contributed by atoms with Gasteiger partial charge in [0.05, 0.1) is 61.1 Å². The molecule has 6 aromatic heterocycles. The van der Waals surface area contributed by atoms with E-state index in [0.717, 1.165) is 107 Å². The maximum atomic E-state index is 4.85. The van der Waals surface area contributed by atoms with E-state index in [2.05, 4.69) is 349 Å². The monoisotopic (exact) mass is 1380 g/mol. The Kier molecular flexibility index (Phi) is 13.7. The molecule has 108 heavy (non-hydrogen) atoms. The van der Waals surface area contributed by atoms with Gasteiger partial charge in [0.25, 0.3) is 0 Å². The Morgan fingerprint density at radius 2 is 0.602 bits per heavy atom. The van der Waals surface area contributed by atoms with Crippen molar-refractivity contribution in [1.82, 2.24) is 43.6 Å². The Hall–Kier alpha value is -14.9. The van der Waals surface area contributed by atoms with Crippen LogP contribution >= 0.6 is 0 Å².